The van der Waals surface area contributed by atoms with Gasteiger partial charge in [-0.2, -0.15) is 0 Å². The zero-order valence-electron chi connectivity index (χ0n) is 14.1. The molecule has 1 aliphatic rings. The van der Waals surface area contributed by atoms with Crippen LogP contribution in [0.25, 0.3) is 11.4 Å². The van der Waals surface area contributed by atoms with Gasteiger partial charge in [-0.25, -0.2) is 8.42 Å². The van der Waals surface area contributed by atoms with Crippen molar-refractivity contribution >= 4 is 27.6 Å². The smallest absolute Gasteiger partial charge is 0.316 e. The minimum Gasteiger partial charge on any atom is -0.461 e. The van der Waals surface area contributed by atoms with Crippen LogP contribution < -0.4 is 0 Å². The average molecular weight is 393 g/mol. The van der Waals surface area contributed by atoms with Gasteiger partial charge < -0.3 is 4.74 Å². The zero-order valence-corrected chi connectivity index (χ0v) is 15.7. The minimum absolute atomic E-state index is 0.0423. The average Bonchev–Trinajstić information content (AvgIpc) is 3.17. The van der Waals surface area contributed by atoms with Crippen LogP contribution in [0.4, 0.5) is 0 Å². The molecule has 2 heterocycles. The maximum Gasteiger partial charge on any atom is 0.316 e. The maximum absolute atomic E-state index is 12.0. The van der Waals surface area contributed by atoms with Crippen LogP contribution in [-0.4, -0.2) is 52.5 Å². The number of sulfone groups is 1. The predicted molar refractivity (Wildman–Crippen MR) is 99.5 cm³/mol. The van der Waals surface area contributed by atoms with E-state index < -0.39 is 21.9 Å². The summed E-state index contributed by atoms with van der Waals surface area (Å²) in [6.45, 7) is 4.26. The largest absolute Gasteiger partial charge is 0.461 e. The van der Waals surface area contributed by atoms with Crippen molar-refractivity contribution in [3.63, 3.8) is 0 Å². The number of esters is 1. The lowest BCUT2D eigenvalue weighted by Crippen LogP contribution is -2.20. The Morgan fingerprint density at radius 2 is 2.12 bits per heavy atom. The van der Waals surface area contributed by atoms with Crippen LogP contribution in [0.2, 0.25) is 0 Å². The van der Waals surface area contributed by atoms with Crippen LogP contribution in [0.3, 0.4) is 0 Å². The van der Waals surface area contributed by atoms with Gasteiger partial charge in [0.25, 0.3) is 0 Å². The molecule has 138 valence electrons. The quantitative estimate of drug-likeness (QED) is 0.403. The van der Waals surface area contributed by atoms with Crippen LogP contribution in [0.15, 0.2) is 48.1 Å². The molecule has 7 nitrogen and oxygen atoms in total. The van der Waals surface area contributed by atoms with E-state index in [0.717, 1.165) is 5.56 Å². The lowest BCUT2D eigenvalue weighted by atomic mass is 10.2. The molecule has 9 heteroatoms. The first-order chi connectivity index (χ1) is 12.5. The molecule has 2 aromatic rings. The molecule has 0 radical (unpaired) electrons. The molecule has 0 spiro atoms. The maximum atomic E-state index is 12.0. The molecule has 1 aromatic carbocycles. The number of ether oxygens (including phenoxy) is 1. The van der Waals surface area contributed by atoms with Crippen molar-refractivity contribution in [1.29, 1.82) is 0 Å². The molecule has 0 saturated carbocycles. The molecule has 0 unspecified atom stereocenters. The molecule has 0 aliphatic carbocycles. The van der Waals surface area contributed by atoms with E-state index in [4.69, 9.17) is 4.74 Å². The first kappa shape index (κ1) is 18.7. The van der Waals surface area contributed by atoms with E-state index >= 15 is 0 Å². The molecule has 1 aromatic heterocycles. The third kappa shape index (κ3) is 4.53. The first-order valence-electron chi connectivity index (χ1n) is 8.11. The number of nitrogens with zero attached hydrogens (tertiary/aromatic N) is 3. The summed E-state index contributed by atoms with van der Waals surface area (Å²) in [4.78, 5) is 12.0. The summed E-state index contributed by atoms with van der Waals surface area (Å²) in [5.74, 6) is 0.274. The summed E-state index contributed by atoms with van der Waals surface area (Å²) >= 11 is 1.21. The van der Waals surface area contributed by atoms with Crippen molar-refractivity contribution in [3.8, 4) is 11.4 Å². The molecule has 3 rings (SSSR count). The van der Waals surface area contributed by atoms with Gasteiger partial charge in [0.15, 0.2) is 20.8 Å². The van der Waals surface area contributed by atoms with Gasteiger partial charge in [-0.05, 0) is 6.42 Å². The molecule has 26 heavy (non-hydrogen) atoms. The molecule has 0 amide bonds. The molecule has 1 aliphatic heterocycles. The second-order valence-electron chi connectivity index (χ2n) is 5.88. The van der Waals surface area contributed by atoms with Crippen molar-refractivity contribution < 1.29 is 17.9 Å². The first-order valence-corrected chi connectivity index (χ1v) is 10.9. The summed E-state index contributed by atoms with van der Waals surface area (Å²) in [7, 11) is -3.07. The number of aromatic nitrogens is 3. The van der Waals surface area contributed by atoms with Gasteiger partial charge in [-0.3, -0.25) is 9.36 Å². The SMILES string of the molecule is C=CCn1c(SCC(=O)O[C@H]2CCS(=O)(=O)C2)nnc1-c1ccccc1. The Kier molecular flexibility index (Phi) is 5.77. The van der Waals surface area contributed by atoms with Crippen LogP contribution in [0.1, 0.15) is 6.42 Å². The Hall–Kier alpha value is -2.13. The Balaban J connectivity index is 1.65. The number of hydrogen-bond donors (Lipinski definition) is 0. The highest BCUT2D eigenvalue weighted by atomic mass is 32.2. The Morgan fingerprint density at radius 1 is 1.35 bits per heavy atom. The van der Waals surface area contributed by atoms with Gasteiger partial charge in [0.1, 0.15) is 6.10 Å². The molecule has 1 atom stereocenters. The number of hydrogen-bond acceptors (Lipinski definition) is 7. The standard InChI is InChI=1S/C17H19N3O4S2/c1-2-9-20-16(13-6-4-3-5-7-13)18-19-17(20)25-11-15(21)24-14-8-10-26(22,23)12-14/h2-7,14H,1,8-12H2/t14-/m0/s1. The van der Waals surface area contributed by atoms with E-state index in [9.17, 15) is 13.2 Å². The fourth-order valence-electron chi connectivity index (χ4n) is 2.69. The van der Waals surface area contributed by atoms with Gasteiger partial charge in [-0.15, -0.1) is 16.8 Å². The normalized spacial score (nSPS) is 18.5. The molecule has 0 bridgehead atoms. The van der Waals surface area contributed by atoms with E-state index in [0.29, 0.717) is 23.9 Å². The Labute approximate surface area is 156 Å². The highest BCUT2D eigenvalue weighted by molar-refractivity contribution is 7.99. The van der Waals surface area contributed by atoms with Gasteiger partial charge in [0, 0.05) is 12.1 Å². The van der Waals surface area contributed by atoms with Crippen molar-refractivity contribution in [2.75, 3.05) is 17.3 Å². The number of carbonyl (C=O) groups excluding carboxylic acids is 1. The Bertz CT molecular complexity index is 894. The van der Waals surface area contributed by atoms with Gasteiger partial charge >= 0.3 is 5.97 Å². The zero-order chi connectivity index (χ0) is 18.6. The topological polar surface area (TPSA) is 91.2 Å². The molecule has 1 fully saturated rings. The summed E-state index contributed by atoms with van der Waals surface area (Å²) in [5.41, 5.74) is 0.924. The lowest BCUT2D eigenvalue weighted by molar-refractivity contribution is -0.144. The van der Waals surface area contributed by atoms with Crippen molar-refractivity contribution in [1.82, 2.24) is 14.8 Å². The highest BCUT2D eigenvalue weighted by Gasteiger charge is 2.30. The predicted octanol–water partition coefficient (Wildman–Crippen LogP) is 1.95. The Morgan fingerprint density at radius 3 is 2.77 bits per heavy atom. The number of benzene rings is 1. The van der Waals surface area contributed by atoms with Crippen molar-refractivity contribution in [3.05, 3.63) is 43.0 Å². The van der Waals surface area contributed by atoms with E-state index in [2.05, 4.69) is 16.8 Å². The van der Waals surface area contributed by atoms with Crippen LogP contribution in [-0.2, 0) is 25.9 Å². The summed E-state index contributed by atoms with van der Waals surface area (Å²) < 4.78 is 30.0. The van der Waals surface area contributed by atoms with Gasteiger partial charge in [0.05, 0.1) is 17.3 Å². The fourth-order valence-corrected chi connectivity index (χ4v) is 5.01. The summed E-state index contributed by atoms with van der Waals surface area (Å²) in [5, 5.41) is 8.96. The fraction of sp³-hybridized carbons (Fsp3) is 0.353. The third-order valence-corrected chi connectivity index (χ3v) is 6.55. The van der Waals surface area contributed by atoms with Gasteiger partial charge in [0.2, 0.25) is 0 Å². The highest BCUT2D eigenvalue weighted by Crippen LogP contribution is 2.24. The van der Waals surface area contributed by atoms with Gasteiger partial charge in [-0.1, -0.05) is 48.2 Å². The van der Waals surface area contributed by atoms with E-state index in [1.54, 1.807) is 6.08 Å². The summed E-state index contributed by atoms with van der Waals surface area (Å²) in [6.07, 6.45) is 1.56. The number of thioether (sulfide) groups is 1. The molecule has 1 saturated heterocycles. The van der Waals surface area contributed by atoms with Crippen LogP contribution in [0, 0.1) is 0 Å². The van der Waals surface area contributed by atoms with Crippen molar-refractivity contribution in [2.45, 2.75) is 24.2 Å². The summed E-state index contributed by atoms with van der Waals surface area (Å²) in [6, 6.07) is 9.64. The second kappa shape index (κ2) is 8.05. The van der Waals surface area contributed by atoms with E-state index in [1.165, 1.54) is 11.8 Å². The number of rotatable bonds is 7. The molecular formula is C17H19N3O4S2. The van der Waals surface area contributed by atoms with Crippen LogP contribution in [0.5, 0.6) is 0 Å². The number of carbonyl (C=O) groups is 1. The third-order valence-electron chi connectivity index (χ3n) is 3.87. The van der Waals surface area contributed by atoms with E-state index in [-0.39, 0.29) is 17.3 Å². The number of allylic oxidation sites excluding steroid dienone is 1. The second-order valence-corrected chi connectivity index (χ2v) is 9.05. The van der Waals surface area contributed by atoms with Crippen molar-refractivity contribution in [2.24, 2.45) is 0 Å². The van der Waals surface area contributed by atoms with E-state index in [1.807, 2.05) is 34.9 Å². The molecule has 0 N–H and O–H groups in total. The minimum atomic E-state index is -3.07. The lowest BCUT2D eigenvalue weighted by Gasteiger charge is -2.10. The molecular weight excluding hydrogens is 374 g/mol. The van der Waals surface area contributed by atoms with Crippen LogP contribution >= 0.6 is 11.8 Å². The monoisotopic (exact) mass is 393 g/mol.